The number of fused-ring (bicyclic) bond motifs is 1. The molecule has 3 rings (SSSR count). The van der Waals surface area contributed by atoms with Crippen molar-refractivity contribution < 1.29 is 27.8 Å². The highest BCUT2D eigenvalue weighted by Gasteiger charge is 2.45. The van der Waals surface area contributed by atoms with Gasteiger partial charge < -0.3 is 4.74 Å². The molecule has 0 aliphatic carbocycles. The second kappa shape index (κ2) is 4.93. The minimum Gasteiger partial charge on any atom is -0.487 e. The molecule has 0 aromatic heterocycles. The summed E-state index contributed by atoms with van der Waals surface area (Å²) in [7, 11) is 0. The van der Waals surface area contributed by atoms with E-state index in [1.165, 1.54) is 5.56 Å². The van der Waals surface area contributed by atoms with E-state index in [0.29, 0.717) is 25.9 Å². The second-order valence-electron chi connectivity index (χ2n) is 5.48. The highest BCUT2D eigenvalue weighted by molar-refractivity contribution is 5.36. The molecule has 110 valence electrons. The lowest BCUT2D eigenvalue weighted by molar-refractivity contribution is -1.12. The number of nitrogens with one attached hydrogen (secondary N) is 1. The number of hydrogen-bond acceptors (Lipinski definition) is 2. The first kappa shape index (κ1) is 13.7. The molecule has 1 aromatic rings. The lowest BCUT2D eigenvalue weighted by atomic mass is 9.83. The number of halogens is 3. The maximum absolute atomic E-state index is 12.2. The Balaban J connectivity index is 1.64. The Morgan fingerprint density at radius 1 is 1.10 bits per heavy atom. The third-order valence-electron chi connectivity index (χ3n) is 4.13. The van der Waals surface area contributed by atoms with Crippen molar-refractivity contribution in [1.82, 2.24) is 0 Å². The molecule has 2 aliphatic rings. The summed E-state index contributed by atoms with van der Waals surface area (Å²) in [4.78, 5) is 4.04. The average molecular weight is 288 g/mol. The van der Waals surface area contributed by atoms with E-state index in [1.54, 1.807) is 0 Å². The summed E-state index contributed by atoms with van der Waals surface area (Å²) in [6.45, 7) is 0.642. The first-order valence-corrected chi connectivity index (χ1v) is 6.83. The molecule has 1 saturated heterocycles. The summed E-state index contributed by atoms with van der Waals surface area (Å²) in [6, 6.07) is 7.87. The van der Waals surface area contributed by atoms with Crippen LogP contribution < -0.4 is 9.80 Å². The summed E-state index contributed by atoms with van der Waals surface area (Å²) in [6.07, 6.45) is -1.60. The molecular weight excluding hydrogens is 271 g/mol. The predicted octanol–water partition coefficient (Wildman–Crippen LogP) is 1.88. The van der Waals surface area contributed by atoms with E-state index in [1.807, 2.05) is 24.3 Å². The van der Waals surface area contributed by atoms with Crippen LogP contribution in [0.1, 0.15) is 24.8 Å². The number of rotatable bonds is 1. The molecule has 2 aliphatic heterocycles. The number of quaternary nitrogens is 1. The summed E-state index contributed by atoms with van der Waals surface area (Å²) in [5.41, 5.74) is 0.867. The highest BCUT2D eigenvalue weighted by atomic mass is 19.4. The summed E-state index contributed by atoms with van der Waals surface area (Å²) in [5.74, 6) is 0.874. The van der Waals surface area contributed by atoms with Crippen molar-refractivity contribution >= 4 is 0 Å². The first-order valence-electron chi connectivity index (χ1n) is 6.83. The molecule has 0 unspecified atom stereocenters. The van der Waals surface area contributed by atoms with Crippen molar-refractivity contribution in [3.8, 4) is 5.75 Å². The number of para-hydroxylation sites is 1. The molecule has 0 radical (unpaired) electrons. The van der Waals surface area contributed by atoms with Crippen LogP contribution in [0.5, 0.6) is 5.75 Å². The molecule has 0 atom stereocenters. The molecule has 1 fully saturated rings. The van der Waals surface area contributed by atoms with Crippen molar-refractivity contribution in [2.45, 2.75) is 37.6 Å². The Morgan fingerprint density at radius 2 is 1.80 bits per heavy atom. The lowest BCUT2D eigenvalue weighted by Crippen LogP contribution is -3.13. The van der Waals surface area contributed by atoms with Gasteiger partial charge in [-0.1, -0.05) is 23.0 Å². The highest BCUT2D eigenvalue weighted by Crippen LogP contribution is 2.37. The van der Waals surface area contributed by atoms with Gasteiger partial charge in [-0.25, -0.2) is 0 Å². The molecule has 0 saturated carbocycles. The number of piperidine rings is 1. The van der Waals surface area contributed by atoms with Crippen LogP contribution in [0.25, 0.3) is 0 Å². The van der Waals surface area contributed by atoms with Gasteiger partial charge in [0.2, 0.25) is 0 Å². The van der Waals surface area contributed by atoms with Crippen LogP contribution in [-0.4, -0.2) is 25.1 Å². The molecule has 0 amide bonds. The number of alkyl halides is 3. The summed E-state index contributed by atoms with van der Waals surface area (Å²) < 4.78 is 42.7. The van der Waals surface area contributed by atoms with Gasteiger partial charge >= 0.3 is 6.36 Å². The number of aryl methyl sites for hydroxylation is 1. The van der Waals surface area contributed by atoms with Crippen LogP contribution in [0.15, 0.2) is 24.3 Å². The minimum absolute atomic E-state index is 0.130. The molecule has 3 nitrogen and oxygen atoms in total. The smallest absolute Gasteiger partial charge is 0.487 e. The van der Waals surface area contributed by atoms with Crippen LogP contribution >= 0.6 is 0 Å². The molecule has 1 spiro atoms. The maximum atomic E-state index is 12.2. The van der Waals surface area contributed by atoms with E-state index in [-0.39, 0.29) is 10.7 Å². The molecule has 2 heterocycles. The van der Waals surface area contributed by atoms with Gasteiger partial charge in [-0.3, -0.25) is 0 Å². The van der Waals surface area contributed by atoms with E-state index in [9.17, 15) is 13.2 Å². The lowest BCUT2D eigenvalue weighted by Gasteiger charge is -2.42. The Kier molecular flexibility index (Phi) is 3.38. The zero-order valence-electron chi connectivity index (χ0n) is 11.0. The van der Waals surface area contributed by atoms with Crippen molar-refractivity contribution in [2.24, 2.45) is 0 Å². The minimum atomic E-state index is -4.57. The zero-order valence-corrected chi connectivity index (χ0v) is 11.0. The van der Waals surface area contributed by atoms with Gasteiger partial charge in [0.25, 0.3) is 0 Å². The maximum Gasteiger partial charge on any atom is 0.568 e. The first-order chi connectivity index (χ1) is 9.46. The van der Waals surface area contributed by atoms with Crippen LogP contribution in [0.3, 0.4) is 0 Å². The van der Waals surface area contributed by atoms with E-state index in [2.05, 4.69) is 4.84 Å². The van der Waals surface area contributed by atoms with Crippen LogP contribution in [0.2, 0.25) is 0 Å². The predicted molar refractivity (Wildman–Crippen MR) is 65.2 cm³/mol. The fourth-order valence-corrected chi connectivity index (χ4v) is 3.06. The Morgan fingerprint density at radius 3 is 2.50 bits per heavy atom. The normalized spacial score (nSPS) is 29.9. The van der Waals surface area contributed by atoms with Crippen molar-refractivity contribution in [1.29, 1.82) is 0 Å². The largest absolute Gasteiger partial charge is 0.568 e. The van der Waals surface area contributed by atoms with Crippen LogP contribution in [0.4, 0.5) is 13.2 Å². The Bertz CT molecular complexity index is 482. The van der Waals surface area contributed by atoms with Gasteiger partial charge in [-0.15, -0.1) is 13.2 Å². The molecule has 1 aromatic carbocycles. The molecular formula is C14H17F3NO2+. The van der Waals surface area contributed by atoms with Gasteiger partial charge in [-0.05, 0) is 24.5 Å². The van der Waals surface area contributed by atoms with Crippen molar-refractivity contribution in [3.63, 3.8) is 0 Å². The average Bonchev–Trinajstić information content (AvgIpc) is 2.40. The summed E-state index contributed by atoms with van der Waals surface area (Å²) in [5, 5.41) is 0.130. The van der Waals surface area contributed by atoms with E-state index < -0.39 is 6.36 Å². The fraction of sp³-hybridized carbons (Fsp3) is 0.571. The molecule has 6 heteroatoms. The van der Waals surface area contributed by atoms with Crippen molar-refractivity contribution in [3.05, 3.63) is 29.8 Å². The monoisotopic (exact) mass is 288 g/mol. The van der Waals surface area contributed by atoms with Gasteiger partial charge in [0.05, 0.1) is 0 Å². The Labute approximate surface area is 115 Å². The zero-order chi connectivity index (χ0) is 14.2. The third kappa shape index (κ3) is 2.91. The topological polar surface area (TPSA) is 22.9 Å². The van der Waals surface area contributed by atoms with E-state index in [4.69, 9.17) is 4.74 Å². The fourth-order valence-electron chi connectivity index (χ4n) is 3.06. The second-order valence-corrected chi connectivity index (χ2v) is 5.48. The van der Waals surface area contributed by atoms with Crippen molar-refractivity contribution in [2.75, 3.05) is 13.1 Å². The standard InChI is InChI=1S/C14H16F3NO2/c15-14(16,17)20-18-9-7-13(8-10-18)6-5-11-3-1-2-4-12(11)19-13/h1-4H,5-10H2/p+1. The summed E-state index contributed by atoms with van der Waals surface area (Å²) >= 11 is 0. The van der Waals surface area contributed by atoms with Gasteiger partial charge in [0.15, 0.2) is 0 Å². The van der Waals surface area contributed by atoms with E-state index in [0.717, 1.165) is 18.6 Å². The van der Waals surface area contributed by atoms with Gasteiger partial charge in [-0.2, -0.15) is 5.06 Å². The van der Waals surface area contributed by atoms with Gasteiger partial charge in [0, 0.05) is 12.8 Å². The number of ether oxygens (including phenoxy) is 1. The third-order valence-corrected chi connectivity index (χ3v) is 4.13. The SMILES string of the molecule is FC(F)(F)O[NH+]1CCC2(CCc3ccccc3O2)CC1. The molecule has 20 heavy (non-hydrogen) atoms. The molecule has 1 N–H and O–H groups in total. The number of benzene rings is 1. The number of hydrogen-bond donors (Lipinski definition) is 1. The quantitative estimate of drug-likeness (QED) is 0.852. The number of hydroxylamine groups is 2. The Hall–Kier alpha value is -1.27. The van der Waals surface area contributed by atoms with Gasteiger partial charge in [0.1, 0.15) is 24.4 Å². The molecule has 0 bridgehead atoms. The van der Waals surface area contributed by atoms with Crippen LogP contribution in [0, 0.1) is 0 Å². The van der Waals surface area contributed by atoms with Crippen LogP contribution in [-0.2, 0) is 11.3 Å². The van der Waals surface area contributed by atoms with E-state index >= 15 is 0 Å².